The number of benzene rings is 7. The van der Waals surface area contributed by atoms with E-state index >= 15 is 0 Å². The molecule has 0 saturated heterocycles. The molecule has 0 amide bonds. The molecule has 0 N–H and O–H groups in total. The monoisotopic (exact) mass is 856 g/mol. The third-order valence-corrected chi connectivity index (χ3v) is 13.7. The Kier molecular flexibility index (Phi) is 8.96. The van der Waals surface area contributed by atoms with E-state index in [1.54, 1.807) is 0 Å². The van der Waals surface area contributed by atoms with E-state index in [1.807, 2.05) is 0 Å². The van der Waals surface area contributed by atoms with Crippen LogP contribution in [0.5, 0.6) is 11.5 Å². The number of nitrogens with zero attached hydrogens (tertiary/aromatic N) is 4. The first kappa shape index (κ1) is 37.2. The van der Waals surface area contributed by atoms with Crippen LogP contribution in [0.15, 0.2) is 181 Å². The second-order valence-electron chi connectivity index (χ2n) is 17.0. The van der Waals surface area contributed by atoms with Gasteiger partial charge in [0.1, 0.15) is 6.67 Å². The van der Waals surface area contributed by atoms with Crippen molar-refractivity contribution in [3.63, 3.8) is 0 Å². The summed E-state index contributed by atoms with van der Waals surface area (Å²) in [5, 5.41) is 3.64. The standard InChI is InChI=1S/C55H44N4OSe/c1-36-30-52(56-54-43(36)28-29-61-54)59-48-23-12-11-20-46(48)47-27-26-41(34-51(47)59)60-42-32-39(55(2,3)4)31-40(33-42)57-35-58(50-25-14-13-24-49(50)57)53-44(37-16-7-5-8-17-37)21-15-22-45(53)38-18-9-6-10-19-38/h5-34H,35H2,1-4H3. The summed E-state index contributed by atoms with van der Waals surface area (Å²) in [7, 11) is 0. The number of hydrogen-bond donors (Lipinski definition) is 0. The van der Waals surface area contributed by atoms with Gasteiger partial charge in [0.25, 0.3) is 0 Å². The van der Waals surface area contributed by atoms with Gasteiger partial charge in [0, 0.05) is 11.1 Å². The molecule has 0 spiro atoms. The Bertz CT molecular complexity index is 3210. The zero-order valence-electron chi connectivity index (χ0n) is 34.6. The molecule has 296 valence electrons. The fourth-order valence-electron chi connectivity index (χ4n) is 9.00. The topological polar surface area (TPSA) is 33.5 Å². The van der Waals surface area contributed by atoms with Crippen molar-refractivity contribution >= 4 is 68.8 Å². The van der Waals surface area contributed by atoms with E-state index < -0.39 is 0 Å². The van der Waals surface area contributed by atoms with Crippen LogP contribution in [-0.4, -0.2) is 30.7 Å². The Labute approximate surface area is 362 Å². The maximum absolute atomic E-state index is 6.98. The molecule has 0 aliphatic carbocycles. The number of anilines is 4. The second-order valence-corrected chi connectivity index (χ2v) is 18.8. The average molecular weight is 856 g/mol. The molecule has 7 aromatic carbocycles. The summed E-state index contributed by atoms with van der Waals surface area (Å²) < 4.78 is 10.5. The zero-order chi connectivity index (χ0) is 41.2. The fraction of sp³-hybridized carbons (Fsp3) is 0.109. The summed E-state index contributed by atoms with van der Waals surface area (Å²) in [6.45, 7) is 9.64. The van der Waals surface area contributed by atoms with Crippen LogP contribution in [0, 0.1) is 6.92 Å². The van der Waals surface area contributed by atoms with E-state index in [0.29, 0.717) is 6.67 Å². The van der Waals surface area contributed by atoms with Gasteiger partial charge in [-0.15, -0.1) is 0 Å². The van der Waals surface area contributed by atoms with Gasteiger partial charge >= 0.3 is 189 Å². The Morgan fingerprint density at radius 2 is 1.21 bits per heavy atom. The van der Waals surface area contributed by atoms with Gasteiger partial charge in [-0.1, -0.05) is 112 Å². The molecule has 3 aromatic heterocycles. The molecule has 0 fully saturated rings. The SMILES string of the molecule is Cc1cc(-n2c3ccccc3c3ccc(Oc4cc(N5CN(c6c(-c7ccccc7)cccc6-c6ccccc6)c6ccccc65)cc(C(C)(C)C)c4)cc32)nc2[se]ccc12. The van der Waals surface area contributed by atoms with E-state index in [2.05, 4.69) is 223 Å². The van der Waals surface area contributed by atoms with E-state index in [1.165, 1.54) is 59.6 Å². The first-order valence-electron chi connectivity index (χ1n) is 20.9. The second kappa shape index (κ2) is 14.7. The minimum atomic E-state index is -0.128. The van der Waals surface area contributed by atoms with Gasteiger partial charge < -0.3 is 4.90 Å². The molecule has 61 heavy (non-hydrogen) atoms. The molecule has 1 aliphatic rings. The van der Waals surface area contributed by atoms with Gasteiger partial charge in [-0.2, -0.15) is 0 Å². The van der Waals surface area contributed by atoms with E-state index in [9.17, 15) is 0 Å². The number of pyridine rings is 1. The Balaban J connectivity index is 1.03. The maximum atomic E-state index is 6.98. The van der Waals surface area contributed by atoms with Crippen molar-refractivity contribution < 1.29 is 4.74 Å². The van der Waals surface area contributed by atoms with E-state index in [4.69, 9.17) is 9.72 Å². The van der Waals surface area contributed by atoms with Crippen molar-refractivity contribution in [3.05, 3.63) is 192 Å². The number of aryl methyl sites for hydroxylation is 1. The van der Waals surface area contributed by atoms with Gasteiger partial charge in [-0.05, 0) is 23.3 Å². The summed E-state index contributed by atoms with van der Waals surface area (Å²) in [6.07, 6.45) is 0. The number of para-hydroxylation sites is 4. The molecule has 6 heteroatoms. The predicted octanol–water partition coefficient (Wildman–Crippen LogP) is 14.4. The number of hydrogen-bond acceptors (Lipinski definition) is 4. The zero-order valence-corrected chi connectivity index (χ0v) is 36.3. The number of ether oxygens (including phenoxy) is 1. The van der Waals surface area contributed by atoms with Crippen LogP contribution >= 0.6 is 0 Å². The summed E-state index contributed by atoms with van der Waals surface area (Å²) in [5.41, 5.74) is 13.9. The van der Waals surface area contributed by atoms with Crippen molar-refractivity contribution in [1.82, 2.24) is 9.55 Å². The van der Waals surface area contributed by atoms with Crippen LogP contribution in [0.1, 0.15) is 31.9 Å². The Hall–Kier alpha value is -6.85. The van der Waals surface area contributed by atoms with Gasteiger partial charge in [0.2, 0.25) is 0 Å². The molecule has 10 aromatic rings. The van der Waals surface area contributed by atoms with Crippen molar-refractivity contribution in [2.75, 3.05) is 16.5 Å². The predicted molar refractivity (Wildman–Crippen MR) is 256 cm³/mol. The molecule has 1 aliphatic heterocycles. The third-order valence-electron chi connectivity index (χ3n) is 12.0. The van der Waals surface area contributed by atoms with Gasteiger partial charge in [0.05, 0.1) is 17.1 Å². The van der Waals surface area contributed by atoms with E-state index in [0.717, 1.165) is 45.4 Å². The van der Waals surface area contributed by atoms with Crippen LogP contribution in [0.2, 0.25) is 0 Å². The van der Waals surface area contributed by atoms with Crippen molar-refractivity contribution in [1.29, 1.82) is 0 Å². The first-order valence-corrected chi connectivity index (χ1v) is 22.7. The fourth-order valence-corrected chi connectivity index (χ4v) is 10.8. The first-order chi connectivity index (χ1) is 29.8. The molecule has 4 heterocycles. The summed E-state index contributed by atoms with van der Waals surface area (Å²) in [4.78, 5) is 12.4. The van der Waals surface area contributed by atoms with E-state index in [-0.39, 0.29) is 19.9 Å². The molecule has 0 bridgehead atoms. The molecule has 0 unspecified atom stereocenters. The summed E-state index contributed by atoms with van der Waals surface area (Å²) in [5.74, 6) is 2.53. The number of aromatic nitrogens is 2. The van der Waals surface area contributed by atoms with Crippen molar-refractivity contribution in [3.8, 4) is 39.6 Å². The normalized spacial score (nSPS) is 12.8. The van der Waals surface area contributed by atoms with Crippen molar-refractivity contribution in [2.45, 2.75) is 33.1 Å². The molecule has 0 atom stereocenters. The summed E-state index contributed by atoms with van der Waals surface area (Å²) >= 11 is 0.237. The summed E-state index contributed by atoms with van der Waals surface area (Å²) in [6, 6.07) is 63.3. The molecular weight excluding hydrogens is 812 g/mol. The van der Waals surface area contributed by atoms with Crippen molar-refractivity contribution in [2.24, 2.45) is 0 Å². The van der Waals surface area contributed by atoms with Crippen LogP contribution in [-0.2, 0) is 5.41 Å². The van der Waals surface area contributed by atoms with Gasteiger partial charge in [-0.25, -0.2) is 0 Å². The van der Waals surface area contributed by atoms with Crippen LogP contribution < -0.4 is 14.5 Å². The molecule has 0 radical (unpaired) electrons. The third kappa shape index (κ3) is 6.51. The average Bonchev–Trinajstić information content (AvgIpc) is 4.01. The van der Waals surface area contributed by atoms with Gasteiger partial charge in [0.15, 0.2) is 0 Å². The molecule has 11 rings (SSSR count). The number of rotatable bonds is 7. The van der Waals surface area contributed by atoms with Crippen LogP contribution in [0.3, 0.4) is 0 Å². The Morgan fingerprint density at radius 1 is 0.557 bits per heavy atom. The quantitative estimate of drug-likeness (QED) is 0.150. The van der Waals surface area contributed by atoms with Crippen LogP contribution in [0.25, 0.3) is 59.7 Å². The molecular formula is C55H44N4OSe. The van der Waals surface area contributed by atoms with Gasteiger partial charge in [-0.3, -0.25) is 0 Å². The molecule has 0 saturated carbocycles. The van der Waals surface area contributed by atoms with Crippen LogP contribution in [0.4, 0.5) is 22.7 Å². The molecule has 5 nitrogen and oxygen atoms in total. The Morgan fingerprint density at radius 3 is 1.93 bits per heavy atom. The number of fused-ring (bicyclic) bond motifs is 5. The minimum absolute atomic E-state index is 0.128.